The molecule has 0 aliphatic carbocycles. The summed E-state index contributed by atoms with van der Waals surface area (Å²) < 4.78 is 15.4. The van der Waals surface area contributed by atoms with Crippen molar-refractivity contribution in [3.63, 3.8) is 0 Å². The molecule has 1 amide bonds. The van der Waals surface area contributed by atoms with Crippen LogP contribution < -0.4 is 5.32 Å². The lowest BCUT2D eigenvalue weighted by atomic mass is 10.1. The molecule has 1 N–H and O–H groups in total. The van der Waals surface area contributed by atoms with Crippen LogP contribution in [0, 0.1) is 6.92 Å². The average molecular weight is 391 g/mol. The van der Waals surface area contributed by atoms with Crippen molar-refractivity contribution < 1.29 is 28.3 Å². The van der Waals surface area contributed by atoms with Crippen LogP contribution >= 0.6 is 11.3 Å². The first-order chi connectivity index (χ1) is 12.8. The number of esters is 2. The third-order valence-electron chi connectivity index (χ3n) is 3.33. The highest BCUT2D eigenvalue weighted by Crippen LogP contribution is 2.34. The Bertz CT molecular complexity index is 848. The number of amides is 1. The van der Waals surface area contributed by atoms with E-state index >= 15 is 0 Å². The molecule has 2 aromatic rings. The maximum absolute atomic E-state index is 12.3. The Kier molecular flexibility index (Phi) is 6.95. The standard InChI is InChI=1S/C19H21NO6S/c1-5-24-18(22)15-12(4)16(19(23)26-11(2)3)27-17(15)20-14(21)9-8-13-7-6-10-25-13/h6-11H,5H2,1-4H3,(H,20,21)/b9-8+. The van der Waals surface area contributed by atoms with Crippen molar-refractivity contribution in [3.8, 4) is 0 Å². The zero-order chi connectivity index (χ0) is 20.0. The Hall–Kier alpha value is -2.87. The largest absolute Gasteiger partial charge is 0.465 e. The van der Waals surface area contributed by atoms with Crippen LogP contribution in [0.1, 0.15) is 52.1 Å². The van der Waals surface area contributed by atoms with Crippen LogP contribution in [0.4, 0.5) is 5.00 Å². The lowest BCUT2D eigenvalue weighted by molar-refractivity contribution is -0.111. The van der Waals surface area contributed by atoms with E-state index in [2.05, 4.69) is 5.32 Å². The van der Waals surface area contributed by atoms with Gasteiger partial charge in [-0.25, -0.2) is 9.59 Å². The minimum atomic E-state index is -0.611. The fourth-order valence-corrected chi connectivity index (χ4v) is 3.29. The van der Waals surface area contributed by atoms with Gasteiger partial charge in [0.1, 0.15) is 15.6 Å². The van der Waals surface area contributed by atoms with Crippen LogP contribution in [-0.2, 0) is 14.3 Å². The number of carbonyl (C=O) groups is 3. The van der Waals surface area contributed by atoms with Crippen LogP contribution in [-0.4, -0.2) is 30.6 Å². The van der Waals surface area contributed by atoms with Crippen LogP contribution in [0.2, 0.25) is 0 Å². The highest BCUT2D eigenvalue weighted by Gasteiger charge is 2.27. The van der Waals surface area contributed by atoms with E-state index in [1.165, 1.54) is 18.4 Å². The van der Waals surface area contributed by atoms with Gasteiger partial charge >= 0.3 is 11.9 Å². The third kappa shape index (κ3) is 5.30. The molecule has 2 heterocycles. The van der Waals surface area contributed by atoms with E-state index in [9.17, 15) is 14.4 Å². The third-order valence-corrected chi connectivity index (χ3v) is 4.52. The Morgan fingerprint density at radius 2 is 2.04 bits per heavy atom. The first-order valence-corrected chi connectivity index (χ1v) is 9.19. The second kappa shape index (κ2) is 9.18. The molecule has 144 valence electrons. The molecule has 0 saturated carbocycles. The van der Waals surface area contributed by atoms with Gasteiger partial charge in [-0.15, -0.1) is 11.3 Å². The van der Waals surface area contributed by atoms with E-state index in [4.69, 9.17) is 13.9 Å². The molecular weight excluding hydrogens is 370 g/mol. The number of anilines is 1. The van der Waals surface area contributed by atoms with Crippen molar-refractivity contribution in [1.82, 2.24) is 0 Å². The Morgan fingerprint density at radius 1 is 1.30 bits per heavy atom. The lowest BCUT2D eigenvalue weighted by Crippen LogP contribution is -2.13. The Labute approximate surface area is 161 Å². The van der Waals surface area contributed by atoms with Crippen molar-refractivity contribution in [2.45, 2.75) is 33.8 Å². The molecule has 0 saturated heterocycles. The summed E-state index contributed by atoms with van der Waals surface area (Å²) in [6.07, 6.45) is 3.95. The van der Waals surface area contributed by atoms with Crippen molar-refractivity contribution in [1.29, 1.82) is 0 Å². The summed E-state index contributed by atoms with van der Waals surface area (Å²) in [6, 6.07) is 3.40. The van der Waals surface area contributed by atoms with E-state index in [1.807, 2.05) is 0 Å². The van der Waals surface area contributed by atoms with E-state index in [0.29, 0.717) is 11.3 Å². The molecule has 0 aromatic carbocycles. The van der Waals surface area contributed by atoms with Crippen LogP contribution in [0.15, 0.2) is 28.9 Å². The molecule has 2 rings (SSSR count). The zero-order valence-electron chi connectivity index (χ0n) is 15.5. The van der Waals surface area contributed by atoms with Gasteiger partial charge in [0, 0.05) is 6.08 Å². The van der Waals surface area contributed by atoms with Crippen molar-refractivity contribution in [2.75, 3.05) is 11.9 Å². The van der Waals surface area contributed by atoms with Crippen LogP contribution in [0.25, 0.3) is 6.08 Å². The molecular formula is C19H21NO6S. The predicted octanol–water partition coefficient (Wildman–Crippen LogP) is 4.04. The number of thiophene rings is 1. The van der Waals surface area contributed by atoms with Crippen molar-refractivity contribution >= 4 is 40.3 Å². The molecule has 0 fully saturated rings. The van der Waals surface area contributed by atoms with Gasteiger partial charge in [0.05, 0.1) is 24.5 Å². The molecule has 0 aliphatic heterocycles. The molecule has 7 nitrogen and oxygen atoms in total. The number of carbonyl (C=O) groups excluding carboxylic acids is 3. The molecule has 0 spiro atoms. The van der Waals surface area contributed by atoms with E-state index in [1.54, 1.807) is 39.8 Å². The molecule has 0 atom stereocenters. The summed E-state index contributed by atoms with van der Waals surface area (Å²) in [5, 5.41) is 2.86. The van der Waals surface area contributed by atoms with E-state index < -0.39 is 17.8 Å². The zero-order valence-corrected chi connectivity index (χ0v) is 16.3. The highest BCUT2D eigenvalue weighted by atomic mass is 32.1. The molecule has 2 aromatic heterocycles. The fourth-order valence-electron chi connectivity index (χ4n) is 2.21. The van der Waals surface area contributed by atoms with Gasteiger partial charge in [-0.3, -0.25) is 4.79 Å². The number of rotatable bonds is 7. The minimum Gasteiger partial charge on any atom is -0.465 e. The highest BCUT2D eigenvalue weighted by molar-refractivity contribution is 7.18. The summed E-state index contributed by atoms with van der Waals surface area (Å²) in [6.45, 7) is 6.93. The summed E-state index contributed by atoms with van der Waals surface area (Å²) in [5.74, 6) is -1.12. The Balaban J connectivity index is 2.30. The number of furan rings is 1. The normalized spacial score (nSPS) is 11.0. The SMILES string of the molecule is CCOC(=O)c1c(NC(=O)/C=C/c2ccco2)sc(C(=O)OC(C)C)c1C. The smallest absolute Gasteiger partial charge is 0.348 e. The monoisotopic (exact) mass is 391 g/mol. The summed E-state index contributed by atoms with van der Waals surface area (Å²) >= 11 is 0.977. The lowest BCUT2D eigenvalue weighted by Gasteiger charge is -2.07. The van der Waals surface area contributed by atoms with Crippen LogP contribution in [0.5, 0.6) is 0 Å². The number of nitrogens with one attached hydrogen (secondary N) is 1. The second-order valence-electron chi connectivity index (χ2n) is 5.77. The molecule has 0 bridgehead atoms. The quantitative estimate of drug-likeness (QED) is 0.565. The predicted molar refractivity (Wildman–Crippen MR) is 102 cm³/mol. The molecule has 0 radical (unpaired) electrons. The number of hydrogen-bond acceptors (Lipinski definition) is 7. The first kappa shape index (κ1) is 20.4. The van der Waals surface area contributed by atoms with E-state index in [-0.39, 0.29) is 28.2 Å². The maximum Gasteiger partial charge on any atom is 0.348 e. The van der Waals surface area contributed by atoms with Gasteiger partial charge in [-0.05, 0) is 51.5 Å². The van der Waals surface area contributed by atoms with Gasteiger partial charge in [0.2, 0.25) is 5.91 Å². The van der Waals surface area contributed by atoms with Gasteiger partial charge in [0.25, 0.3) is 0 Å². The summed E-state index contributed by atoms with van der Waals surface area (Å²) in [4.78, 5) is 37.1. The molecule has 8 heteroatoms. The topological polar surface area (TPSA) is 94.8 Å². The maximum atomic E-state index is 12.3. The van der Waals surface area contributed by atoms with Crippen LogP contribution in [0.3, 0.4) is 0 Å². The van der Waals surface area contributed by atoms with E-state index in [0.717, 1.165) is 11.3 Å². The molecule has 0 aliphatic rings. The summed E-state index contributed by atoms with van der Waals surface area (Å²) in [5.41, 5.74) is 0.562. The molecule has 0 unspecified atom stereocenters. The van der Waals surface area contributed by atoms with Crippen molar-refractivity contribution in [3.05, 3.63) is 46.2 Å². The van der Waals surface area contributed by atoms with Gasteiger partial charge in [-0.1, -0.05) is 0 Å². The first-order valence-electron chi connectivity index (χ1n) is 8.37. The minimum absolute atomic E-state index is 0.150. The van der Waals surface area contributed by atoms with Gasteiger partial charge in [0.15, 0.2) is 0 Å². The number of hydrogen-bond donors (Lipinski definition) is 1. The molecule has 27 heavy (non-hydrogen) atoms. The average Bonchev–Trinajstić information content (AvgIpc) is 3.20. The van der Waals surface area contributed by atoms with Gasteiger partial charge < -0.3 is 19.2 Å². The number of ether oxygens (including phenoxy) is 2. The fraction of sp³-hybridized carbons (Fsp3) is 0.316. The van der Waals surface area contributed by atoms with Gasteiger partial charge in [-0.2, -0.15) is 0 Å². The van der Waals surface area contributed by atoms with Crippen molar-refractivity contribution in [2.24, 2.45) is 0 Å². The Morgan fingerprint density at radius 3 is 2.63 bits per heavy atom. The summed E-state index contributed by atoms with van der Waals surface area (Å²) in [7, 11) is 0. The second-order valence-corrected chi connectivity index (χ2v) is 6.79.